The molecule has 0 bridgehead atoms. The number of para-hydroxylation sites is 1. The second kappa shape index (κ2) is 13.0. The zero-order chi connectivity index (χ0) is 28.8. The number of imide groups is 1. The molecule has 0 spiro atoms. The number of aryl methyl sites for hydroxylation is 1. The molecule has 2 N–H and O–H groups in total. The van der Waals surface area contributed by atoms with Gasteiger partial charge in [0.1, 0.15) is 6.54 Å². The molecule has 3 aromatic carbocycles. The monoisotopic (exact) mass is 643 g/mol. The number of nitrogens with zero attached hydrogens (tertiary/aromatic N) is 1. The van der Waals surface area contributed by atoms with Crippen LogP contribution in [0.25, 0.3) is 6.08 Å². The summed E-state index contributed by atoms with van der Waals surface area (Å²) in [6.07, 6.45) is 1.52. The van der Waals surface area contributed by atoms with Crippen LogP contribution in [0.1, 0.15) is 11.1 Å². The van der Waals surface area contributed by atoms with Crippen LogP contribution >= 0.6 is 39.3 Å². The Morgan fingerprint density at radius 3 is 2.52 bits per heavy atom. The van der Waals surface area contributed by atoms with Crippen LogP contribution in [0, 0.1) is 6.92 Å². The fourth-order valence-electron chi connectivity index (χ4n) is 3.64. The van der Waals surface area contributed by atoms with Crippen molar-refractivity contribution in [2.75, 3.05) is 30.9 Å². The van der Waals surface area contributed by atoms with E-state index in [2.05, 4.69) is 26.6 Å². The lowest BCUT2D eigenvalue weighted by Crippen LogP contribution is -2.36. The molecule has 1 aliphatic rings. The van der Waals surface area contributed by atoms with Crippen LogP contribution in [-0.4, -0.2) is 48.1 Å². The molecule has 12 heteroatoms. The Balaban J connectivity index is 1.38. The van der Waals surface area contributed by atoms with Crippen molar-refractivity contribution in [1.82, 2.24) is 4.90 Å². The summed E-state index contributed by atoms with van der Waals surface area (Å²) < 4.78 is 11.7. The summed E-state index contributed by atoms with van der Waals surface area (Å²) in [5.74, 6) is -0.800. The Hall–Kier alpha value is -3.80. The van der Waals surface area contributed by atoms with Gasteiger partial charge in [0.25, 0.3) is 17.1 Å². The van der Waals surface area contributed by atoms with E-state index in [9.17, 15) is 19.2 Å². The number of carbonyl (C=O) groups is 4. The molecule has 206 valence electrons. The third-order valence-corrected chi connectivity index (χ3v) is 7.78. The Morgan fingerprint density at radius 1 is 1.02 bits per heavy atom. The van der Waals surface area contributed by atoms with Gasteiger partial charge in [-0.15, -0.1) is 0 Å². The smallest absolute Gasteiger partial charge is 0.294 e. The summed E-state index contributed by atoms with van der Waals surface area (Å²) in [4.78, 5) is 51.2. The van der Waals surface area contributed by atoms with Crippen LogP contribution in [0.5, 0.6) is 11.5 Å². The highest BCUT2D eigenvalue weighted by Crippen LogP contribution is 2.34. The molecule has 1 heterocycles. The first-order valence-corrected chi connectivity index (χ1v) is 13.8. The average molecular weight is 645 g/mol. The number of thioether (sulfide) groups is 1. The quantitative estimate of drug-likeness (QED) is 0.270. The summed E-state index contributed by atoms with van der Waals surface area (Å²) >= 11 is 10.0. The van der Waals surface area contributed by atoms with Crippen molar-refractivity contribution in [2.24, 2.45) is 0 Å². The zero-order valence-corrected chi connectivity index (χ0v) is 24.5. The Labute approximate surface area is 248 Å². The van der Waals surface area contributed by atoms with Gasteiger partial charge in [0.05, 0.1) is 17.0 Å². The van der Waals surface area contributed by atoms with Crippen LogP contribution < -0.4 is 20.1 Å². The lowest BCUT2D eigenvalue weighted by atomic mass is 10.2. The molecule has 0 unspecified atom stereocenters. The van der Waals surface area contributed by atoms with Crippen molar-refractivity contribution in [3.63, 3.8) is 0 Å². The molecule has 1 fully saturated rings. The molecule has 40 heavy (non-hydrogen) atoms. The largest absolute Gasteiger partial charge is 0.493 e. The zero-order valence-electron chi connectivity index (χ0n) is 21.3. The van der Waals surface area contributed by atoms with E-state index in [0.717, 1.165) is 22.2 Å². The van der Waals surface area contributed by atoms with E-state index in [4.69, 9.17) is 21.1 Å². The second-order valence-electron chi connectivity index (χ2n) is 8.51. The minimum absolute atomic E-state index is 0.151. The van der Waals surface area contributed by atoms with Crippen LogP contribution in [-0.2, 0) is 14.4 Å². The predicted molar refractivity (Wildman–Crippen MR) is 159 cm³/mol. The third-order valence-electron chi connectivity index (χ3n) is 5.64. The van der Waals surface area contributed by atoms with Gasteiger partial charge in [0, 0.05) is 15.8 Å². The number of hydrogen-bond donors (Lipinski definition) is 2. The standard InChI is InChI=1S/C28H23BrClN3O6S/c1-16-5-3-4-6-21(16)32-26(35)15-39-22-10-7-17(11-23(22)38-2)12-24-27(36)33(28(37)40-24)14-25(34)31-18-8-9-19(29)20(30)13-18/h3-13H,14-15H2,1-2H3,(H,31,34)(H,32,35)/b24-12-. The highest BCUT2D eigenvalue weighted by Gasteiger charge is 2.36. The summed E-state index contributed by atoms with van der Waals surface area (Å²) in [5.41, 5.74) is 2.62. The molecule has 1 saturated heterocycles. The molecule has 0 aromatic heterocycles. The maximum Gasteiger partial charge on any atom is 0.294 e. The summed E-state index contributed by atoms with van der Waals surface area (Å²) in [6, 6.07) is 17.1. The number of methoxy groups -OCH3 is 1. The third kappa shape index (κ3) is 7.23. The normalized spacial score (nSPS) is 13.9. The van der Waals surface area contributed by atoms with E-state index in [1.807, 2.05) is 25.1 Å². The maximum absolute atomic E-state index is 12.9. The van der Waals surface area contributed by atoms with Crippen molar-refractivity contribution < 1.29 is 28.7 Å². The maximum atomic E-state index is 12.9. The molecule has 4 rings (SSSR count). The minimum atomic E-state index is -0.592. The highest BCUT2D eigenvalue weighted by molar-refractivity contribution is 9.10. The molecular weight excluding hydrogens is 622 g/mol. The number of carbonyl (C=O) groups excluding carboxylic acids is 4. The van der Waals surface area contributed by atoms with Gasteiger partial charge in [-0.25, -0.2) is 0 Å². The van der Waals surface area contributed by atoms with Crippen LogP contribution in [0.3, 0.4) is 0 Å². The number of ether oxygens (including phenoxy) is 2. The number of nitrogens with one attached hydrogen (secondary N) is 2. The van der Waals surface area contributed by atoms with Gasteiger partial charge in [-0.1, -0.05) is 35.9 Å². The first-order valence-electron chi connectivity index (χ1n) is 11.8. The fourth-order valence-corrected chi connectivity index (χ4v) is 4.91. The van der Waals surface area contributed by atoms with Crippen molar-refractivity contribution in [3.8, 4) is 11.5 Å². The second-order valence-corrected chi connectivity index (χ2v) is 10.8. The summed E-state index contributed by atoms with van der Waals surface area (Å²) in [5, 5.41) is 5.26. The Kier molecular flexibility index (Phi) is 9.51. The number of anilines is 2. The first kappa shape index (κ1) is 29.2. The summed E-state index contributed by atoms with van der Waals surface area (Å²) in [7, 11) is 1.45. The van der Waals surface area contributed by atoms with Crippen LogP contribution in [0.2, 0.25) is 5.02 Å². The summed E-state index contributed by atoms with van der Waals surface area (Å²) in [6.45, 7) is 1.20. The highest BCUT2D eigenvalue weighted by atomic mass is 79.9. The van der Waals surface area contributed by atoms with Gasteiger partial charge in [-0.3, -0.25) is 24.1 Å². The minimum Gasteiger partial charge on any atom is -0.493 e. The Bertz CT molecular complexity index is 1530. The molecule has 4 amide bonds. The SMILES string of the molecule is COc1cc(/C=C2\SC(=O)N(CC(=O)Nc3ccc(Br)c(Cl)c3)C2=O)ccc1OCC(=O)Nc1ccccc1C. The van der Waals surface area contributed by atoms with E-state index in [-0.39, 0.29) is 17.4 Å². The van der Waals surface area contributed by atoms with Crippen molar-refractivity contribution in [1.29, 1.82) is 0 Å². The van der Waals surface area contributed by atoms with E-state index >= 15 is 0 Å². The average Bonchev–Trinajstić information content (AvgIpc) is 3.18. The predicted octanol–water partition coefficient (Wildman–Crippen LogP) is 6.11. The van der Waals surface area contributed by atoms with Crippen molar-refractivity contribution >= 4 is 79.7 Å². The number of rotatable bonds is 9. The van der Waals surface area contributed by atoms with E-state index in [1.165, 1.54) is 13.2 Å². The number of benzene rings is 3. The van der Waals surface area contributed by atoms with Gasteiger partial charge >= 0.3 is 0 Å². The number of hydrogen-bond acceptors (Lipinski definition) is 7. The Morgan fingerprint density at radius 2 is 1.80 bits per heavy atom. The lowest BCUT2D eigenvalue weighted by Gasteiger charge is -2.13. The van der Waals surface area contributed by atoms with Crippen molar-refractivity contribution in [2.45, 2.75) is 6.92 Å². The molecule has 0 aliphatic carbocycles. The number of halogens is 2. The van der Waals surface area contributed by atoms with Gasteiger partial charge in [-0.2, -0.15) is 0 Å². The molecular formula is C28H23BrClN3O6S. The fraction of sp³-hybridized carbons (Fsp3) is 0.143. The van der Waals surface area contributed by atoms with Gasteiger partial charge < -0.3 is 20.1 Å². The van der Waals surface area contributed by atoms with E-state index in [0.29, 0.717) is 37.9 Å². The van der Waals surface area contributed by atoms with Gasteiger partial charge in [0.15, 0.2) is 18.1 Å². The van der Waals surface area contributed by atoms with E-state index in [1.54, 1.807) is 42.5 Å². The van der Waals surface area contributed by atoms with Gasteiger partial charge in [-0.05, 0) is 88.2 Å². The molecule has 9 nitrogen and oxygen atoms in total. The molecule has 3 aromatic rings. The molecule has 0 saturated carbocycles. The lowest BCUT2D eigenvalue weighted by molar-refractivity contribution is -0.127. The molecule has 1 aliphatic heterocycles. The van der Waals surface area contributed by atoms with Crippen LogP contribution in [0.4, 0.5) is 16.2 Å². The van der Waals surface area contributed by atoms with E-state index < -0.39 is 23.6 Å². The number of amides is 4. The first-order chi connectivity index (χ1) is 19.1. The van der Waals surface area contributed by atoms with Crippen LogP contribution in [0.15, 0.2) is 70.0 Å². The van der Waals surface area contributed by atoms with Gasteiger partial charge in [0.2, 0.25) is 5.91 Å². The topological polar surface area (TPSA) is 114 Å². The molecule has 0 atom stereocenters. The molecule has 0 radical (unpaired) electrons. The van der Waals surface area contributed by atoms with Crippen molar-refractivity contribution in [3.05, 3.63) is 86.2 Å².